The summed E-state index contributed by atoms with van der Waals surface area (Å²) in [5.41, 5.74) is 2.16. The van der Waals surface area contributed by atoms with Gasteiger partial charge in [-0.2, -0.15) is 5.10 Å². The van der Waals surface area contributed by atoms with E-state index in [2.05, 4.69) is 27.4 Å². The number of benzene rings is 2. The number of hydrogen-bond donors (Lipinski definition) is 0. The first-order valence-corrected chi connectivity index (χ1v) is 8.17. The summed E-state index contributed by atoms with van der Waals surface area (Å²) >= 11 is 0. The van der Waals surface area contributed by atoms with Crippen LogP contribution in [0.3, 0.4) is 0 Å². The highest BCUT2D eigenvalue weighted by Crippen LogP contribution is 2.28. The minimum atomic E-state index is 0.571. The molecule has 0 N–H and O–H groups in total. The van der Waals surface area contributed by atoms with Crippen molar-refractivity contribution in [3.8, 4) is 11.5 Å². The second kappa shape index (κ2) is 8.63. The fourth-order valence-electron chi connectivity index (χ4n) is 2.30. The van der Waals surface area contributed by atoms with E-state index in [0.29, 0.717) is 19.0 Å². The molecule has 128 valence electrons. The average molecular weight is 336 g/mol. The molecule has 3 aromatic rings. The third kappa shape index (κ3) is 4.91. The molecular formula is C19H20N4O2. The summed E-state index contributed by atoms with van der Waals surface area (Å²) in [6, 6.07) is 16.0. The van der Waals surface area contributed by atoms with Crippen molar-refractivity contribution in [2.24, 2.45) is 5.10 Å². The standard InChI is InChI=1S/C19H20N4O2/c1-2-24-19-12-17(13-22-23-14-20-21-15-23)8-9-18(19)25-11-10-16-6-4-3-5-7-16/h3-9,12-15H,2,10-11H2,1H3/b22-13-. The van der Waals surface area contributed by atoms with Crippen LogP contribution in [0.1, 0.15) is 18.1 Å². The van der Waals surface area contributed by atoms with E-state index in [9.17, 15) is 0 Å². The van der Waals surface area contributed by atoms with Gasteiger partial charge in [0, 0.05) is 6.42 Å². The lowest BCUT2D eigenvalue weighted by Crippen LogP contribution is -2.04. The number of ether oxygens (including phenoxy) is 2. The van der Waals surface area contributed by atoms with Gasteiger partial charge in [0.15, 0.2) is 11.5 Å². The smallest absolute Gasteiger partial charge is 0.161 e. The van der Waals surface area contributed by atoms with Crippen molar-refractivity contribution in [2.75, 3.05) is 13.2 Å². The molecule has 0 spiro atoms. The monoisotopic (exact) mass is 336 g/mol. The molecule has 0 aliphatic carbocycles. The minimum Gasteiger partial charge on any atom is -0.490 e. The zero-order valence-corrected chi connectivity index (χ0v) is 14.1. The molecular weight excluding hydrogens is 316 g/mol. The molecule has 3 rings (SSSR count). The zero-order chi connectivity index (χ0) is 17.3. The molecule has 1 heterocycles. The Morgan fingerprint density at radius 3 is 2.56 bits per heavy atom. The van der Waals surface area contributed by atoms with Crippen LogP contribution in [-0.4, -0.2) is 34.3 Å². The maximum absolute atomic E-state index is 5.90. The molecule has 0 radical (unpaired) electrons. The molecule has 0 aliphatic heterocycles. The lowest BCUT2D eigenvalue weighted by molar-refractivity contribution is 0.279. The maximum atomic E-state index is 5.90. The van der Waals surface area contributed by atoms with Gasteiger partial charge in [0.2, 0.25) is 0 Å². The van der Waals surface area contributed by atoms with Crippen LogP contribution in [0.2, 0.25) is 0 Å². The molecule has 0 amide bonds. The van der Waals surface area contributed by atoms with Crippen molar-refractivity contribution >= 4 is 6.21 Å². The summed E-state index contributed by atoms with van der Waals surface area (Å²) in [5, 5.41) is 11.7. The van der Waals surface area contributed by atoms with Crippen LogP contribution in [0.4, 0.5) is 0 Å². The van der Waals surface area contributed by atoms with Gasteiger partial charge in [0.25, 0.3) is 0 Å². The Kier molecular flexibility index (Phi) is 5.77. The molecule has 1 aromatic heterocycles. The maximum Gasteiger partial charge on any atom is 0.161 e. The molecule has 2 aromatic carbocycles. The second-order valence-electron chi connectivity index (χ2n) is 5.31. The average Bonchev–Trinajstić information content (AvgIpc) is 3.16. The van der Waals surface area contributed by atoms with E-state index in [1.807, 2.05) is 43.3 Å². The van der Waals surface area contributed by atoms with Gasteiger partial charge in [-0.3, -0.25) is 0 Å². The fourth-order valence-corrected chi connectivity index (χ4v) is 2.30. The highest BCUT2D eigenvalue weighted by molar-refractivity contribution is 5.80. The van der Waals surface area contributed by atoms with Crippen molar-refractivity contribution in [1.82, 2.24) is 14.9 Å². The highest BCUT2D eigenvalue weighted by atomic mass is 16.5. The highest BCUT2D eigenvalue weighted by Gasteiger charge is 2.06. The summed E-state index contributed by atoms with van der Waals surface area (Å²) in [7, 11) is 0. The fraction of sp³-hybridized carbons (Fsp3) is 0.211. The van der Waals surface area contributed by atoms with Gasteiger partial charge in [0.05, 0.1) is 19.4 Å². The Balaban J connectivity index is 1.66. The van der Waals surface area contributed by atoms with Gasteiger partial charge in [-0.1, -0.05) is 30.3 Å². The first kappa shape index (κ1) is 16.7. The first-order valence-electron chi connectivity index (χ1n) is 8.17. The van der Waals surface area contributed by atoms with E-state index in [-0.39, 0.29) is 0 Å². The van der Waals surface area contributed by atoms with Gasteiger partial charge in [-0.05, 0) is 36.2 Å². The summed E-state index contributed by atoms with van der Waals surface area (Å²) in [6.45, 7) is 3.12. The van der Waals surface area contributed by atoms with Gasteiger partial charge in [-0.15, -0.1) is 10.2 Å². The number of aromatic nitrogens is 3. The second-order valence-corrected chi connectivity index (χ2v) is 5.31. The largest absolute Gasteiger partial charge is 0.490 e. The molecule has 0 aliphatic rings. The van der Waals surface area contributed by atoms with Crippen LogP contribution in [0.25, 0.3) is 0 Å². The van der Waals surface area contributed by atoms with Crippen molar-refractivity contribution in [3.63, 3.8) is 0 Å². The summed E-state index contributed by atoms with van der Waals surface area (Å²) in [5.74, 6) is 1.45. The van der Waals surface area contributed by atoms with E-state index < -0.39 is 0 Å². The minimum absolute atomic E-state index is 0.571. The van der Waals surface area contributed by atoms with Crippen molar-refractivity contribution < 1.29 is 9.47 Å². The van der Waals surface area contributed by atoms with Crippen LogP contribution in [0.15, 0.2) is 66.3 Å². The van der Waals surface area contributed by atoms with E-state index in [4.69, 9.17) is 9.47 Å². The Morgan fingerprint density at radius 1 is 1.00 bits per heavy atom. The number of rotatable bonds is 8. The van der Waals surface area contributed by atoms with Crippen molar-refractivity contribution in [2.45, 2.75) is 13.3 Å². The quantitative estimate of drug-likeness (QED) is 0.593. The van der Waals surface area contributed by atoms with Crippen molar-refractivity contribution in [1.29, 1.82) is 0 Å². The molecule has 0 saturated carbocycles. The molecule has 6 nitrogen and oxygen atoms in total. The third-order valence-corrected chi connectivity index (χ3v) is 3.51. The van der Waals surface area contributed by atoms with Crippen LogP contribution in [0, 0.1) is 0 Å². The number of nitrogens with zero attached hydrogens (tertiary/aromatic N) is 4. The number of hydrogen-bond acceptors (Lipinski definition) is 5. The van der Waals surface area contributed by atoms with Crippen LogP contribution < -0.4 is 9.47 Å². The van der Waals surface area contributed by atoms with E-state index in [1.165, 1.54) is 22.9 Å². The molecule has 0 unspecified atom stereocenters. The van der Waals surface area contributed by atoms with E-state index >= 15 is 0 Å². The molecule has 0 atom stereocenters. The van der Waals surface area contributed by atoms with Crippen LogP contribution in [-0.2, 0) is 6.42 Å². The molecule has 0 saturated heterocycles. The lowest BCUT2D eigenvalue weighted by Gasteiger charge is -2.12. The zero-order valence-electron chi connectivity index (χ0n) is 14.1. The normalized spacial score (nSPS) is 10.9. The molecule has 0 bridgehead atoms. The third-order valence-electron chi connectivity index (χ3n) is 3.51. The predicted molar refractivity (Wildman–Crippen MR) is 96.3 cm³/mol. The van der Waals surface area contributed by atoms with Gasteiger partial charge >= 0.3 is 0 Å². The Bertz CT molecular complexity index is 802. The van der Waals surface area contributed by atoms with Crippen LogP contribution >= 0.6 is 0 Å². The first-order chi connectivity index (χ1) is 12.3. The van der Waals surface area contributed by atoms with Gasteiger partial charge in [-0.25, -0.2) is 4.68 Å². The van der Waals surface area contributed by atoms with Crippen LogP contribution in [0.5, 0.6) is 11.5 Å². The van der Waals surface area contributed by atoms with E-state index in [1.54, 1.807) is 6.21 Å². The van der Waals surface area contributed by atoms with Gasteiger partial charge in [0.1, 0.15) is 12.7 Å². The molecule has 0 fully saturated rings. The Hall–Kier alpha value is -3.15. The topological polar surface area (TPSA) is 61.5 Å². The molecule has 25 heavy (non-hydrogen) atoms. The Labute approximate surface area is 146 Å². The SMILES string of the molecule is CCOc1cc(/C=N\n2cnnc2)ccc1OCCc1ccccc1. The summed E-state index contributed by atoms with van der Waals surface area (Å²) in [4.78, 5) is 0. The summed E-state index contributed by atoms with van der Waals surface area (Å²) in [6.07, 6.45) is 5.63. The van der Waals surface area contributed by atoms with Crippen molar-refractivity contribution in [3.05, 3.63) is 72.3 Å². The predicted octanol–water partition coefficient (Wildman–Crippen LogP) is 3.18. The van der Waals surface area contributed by atoms with E-state index in [0.717, 1.165) is 17.7 Å². The molecule has 6 heteroatoms. The lowest BCUT2D eigenvalue weighted by atomic mass is 10.2. The summed E-state index contributed by atoms with van der Waals surface area (Å²) < 4.78 is 13.1. The van der Waals surface area contributed by atoms with Gasteiger partial charge < -0.3 is 9.47 Å². The Morgan fingerprint density at radius 2 is 1.80 bits per heavy atom.